The van der Waals surface area contributed by atoms with Gasteiger partial charge in [-0.25, -0.2) is 0 Å². The molecule has 0 bridgehead atoms. The van der Waals surface area contributed by atoms with E-state index in [0.717, 1.165) is 30.6 Å². The molecule has 0 spiro atoms. The summed E-state index contributed by atoms with van der Waals surface area (Å²) in [5, 5.41) is 3.27. The molecule has 0 amide bonds. The first-order valence-electron chi connectivity index (χ1n) is 7.40. The lowest BCUT2D eigenvalue weighted by Crippen LogP contribution is -2.21. The van der Waals surface area contributed by atoms with Crippen molar-refractivity contribution < 1.29 is 13.2 Å². The van der Waals surface area contributed by atoms with E-state index in [4.69, 9.17) is 0 Å². The molecule has 1 saturated carbocycles. The molecule has 1 aliphatic heterocycles. The zero-order valence-corrected chi connectivity index (χ0v) is 11.6. The predicted octanol–water partition coefficient (Wildman–Crippen LogP) is 5.04. The van der Waals surface area contributed by atoms with Gasteiger partial charge in [-0.15, -0.1) is 0 Å². The van der Waals surface area contributed by atoms with E-state index < -0.39 is 11.7 Å². The number of rotatable bonds is 1. The molecule has 3 unspecified atom stereocenters. The highest BCUT2D eigenvalue weighted by molar-refractivity contribution is 5.59. The topological polar surface area (TPSA) is 12.0 Å². The van der Waals surface area contributed by atoms with Gasteiger partial charge in [-0.2, -0.15) is 13.2 Å². The summed E-state index contributed by atoms with van der Waals surface area (Å²) in [4.78, 5) is 0. The fourth-order valence-electron chi connectivity index (χ4n) is 3.80. The molecule has 3 atom stereocenters. The van der Waals surface area contributed by atoms with Crippen LogP contribution >= 0.6 is 0 Å². The molecule has 1 aromatic carbocycles. The van der Waals surface area contributed by atoms with Crippen molar-refractivity contribution in [3.05, 3.63) is 29.3 Å². The van der Waals surface area contributed by atoms with Crippen molar-refractivity contribution in [3.8, 4) is 0 Å². The molecular weight excluding hydrogens is 263 g/mol. The number of hydrogen-bond acceptors (Lipinski definition) is 1. The van der Waals surface area contributed by atoms with Gasteiger partial charge in [0, 0.05) is 18.2 Å². The first-order chi connectivity index (χ1) is 9.45. The largest absolute Gasteiger partial charge is 0.416 e. The quantitative estimate of drug-likeness (QED) is 0.761. The van der Waals surface area contributed by atoms with Crippen LogP contribution in [0.5, 0.6) is 0 Å². The maximum atomic E-state index is 12.9. The van der Waals surface area contributed by atoms with Crippen LogP contribution in [0.4, 0.5) is 18.9 Å². The number of nitrogens with one attached hydrogen (secondary N) is 1. The molecule has 20 heavy (non-hydrogen) atoms. The average Bonchev–Trinajstić information content (AvgIpc) is 2.80. The standard InChI is InChI=1S/C16H20F3N/c1-10-3-2-4-11(7-10)14-9-20-15-6-5-12(8-13(14)15)16(17,18)19/h5-6,8,10-11,14,20H,2-4,7,9H2,1H3. The molecule has 1 aromatic rings. The second kappa shape index (κ2) is 4.97. The Kier molecular flexibility index (Phi) is 3.43. The number of benzene rings is 1. The van der Waals surface area contributed by atoms with Crippen LogP contribution in [0.2, 0.25) is 0 Å². The van der Waals surface area contributed by atoms with Gasteiger partial charge in [-0.1, -0.05) is 19.8 Å². The minimum Gasteiger partial charge on any atom is -0.384 e. The second-order valence-corrected chi connectivity index (χ2v) is 6.32. The van der Waals surface area contributed by atoms with Crippen molar-refractivity contribution in [3.63, 3.8) is 0 Å². The summed E-state index contributed by atoms with van der Waals surface area (Å²) in [5.41, 5.74) is 1.24. The minimum atomic E-state index is -4.25. The summed E-state index contributed by atoms with van der Waals surface area (Å²) in [5.74, 6) is 1.47. The third kappa shape index (κ3) is 2.52. The average molecular weight is 283 g/mol. The van der Waals surface area contributed by atoms with Crippen LogP contribution in [-0.2, 0) is 6.18 Å². The zero-order chi connectivity index (χ0) is 14.3. The molecule has 1 nitrogen and oxygen atoms in total. The first kappa shape index (κ1) is 13.8. The highest BCUT2D eigenvalue weighted by atomic mass is 19.4. The van der Waals surface area contributed by atoms with E-state index in [1.165, 1.54) is 25.0 Å². The number of fused-ring (bicyclic) bond motifs is 1. The summed E-state index contributed by atoms with van der Waals surface area (Å²) in [7, 11) is 0. The number of alkyl halides is 3. The van der Waals surface area contributed by atoms with Gasteiger partial charge < -0.3 is 5.32 Å². The van der Waals surface area contributed by atoms with Crippen molar-refractivity contribution in [2.24, 2.45) is 11.8 Å². The van der Waals surface area contributed by atoms with E-state index >= 15 is 0 Å². The molecule has 1 aliphatic carbocycles. The highest BCUT2D eigenvalue weighted by Crippen LogP contribution is 2.45. The van der Waals surface area contributed by atoms with Crippen LogP contribution < -0.4 is 5.32 Å². The molecule has 1 heterocycles. The monoisotopic (exact) mass is 283 g/mol. The van der Waals surface area contributed by atoms with Gasteiger partial charge in [0.1, 0.15) is 0 Å². The van der Waals surface area contributed by atoms with Crippen LogP contribution in [0.15, 0.2) is 18.2 Å². The molecule has 0 aromatic heterocycles. The smallest absolute Gasteiger partial charge is 0.384 e. The van der Waals surface area contributed by atoms with Crippen molar-refractivity contribution in [2.45, 2.75) is 44.7 Å². The Hall–Kier alpha value is -1.19. The fraction of sp³-hybridized carbons (Fsp3) is 0.625. The van der Waals surface area contributed by atoms with Gasteiger partial charge in [0.25, 0.3) is 0 Å². The Balaban J connectivity index is 1.88. The minimum absolute atomic E-state index is 0.245. The summed E-state index contributed by atoms with van der Waals surface area (Å²) >= 11 is 0. The molecule has 4 heteroatoms. The maximum absolute atomic E-state index is 12.9. The Morgan fingerprint density at radius 2 is 2.00 bits per heavy atom. The van der Waals surface area contributed by atoms with Crippen LogP contribution in [0, 0.1) is 11.8 Å². The van der Waals surface area contributed by atoms with Gasteiger partial charge in [-0.3, -0.25) is 0 Å². The Bertz CT molecular complexity index is 495. The van der Waals surface area contributed by atoms with E-state index in [1.54, 1.807) is 6.07 Å². The summed E-state index contributed by atoms with van der Waals surface area (Å²) in [6.45, 7) is 3.04. The molecule has 1 fully saturated rings. The van der Waals surface area contributed by atoms with Crippen LogP contribution in [-0.4, -0.2) is 6.54 Å². The van der Waals surface area contributed by atoms with E-state index in [9.17, 15) is 13.2 Å². The normalized spacial score (nSPS) is 29.9. The number of halogens is 3. The van der Waals surface area contributed by atoms with Crippen molar-refractivity contribution in [2.75, 3.05) is 11.9 Å². The SMILES string of the molecule is CC1CCCC(C2CNc3ccc(C(F)(F)F)cc32)C1. The van der Waals surface area contributed by atoms with Crippen LogP contribution in [0.3, 0.4) is 0 Å². The molecule has 0 saturated heterocycles. The Morgan fingerprint density at radius 1 is 1.20 bits per heavy atom. The Morgan fingerprint density at radius 3 is 2.70 bits per heavy atom. The number of hydrogen-bond donors (Lipinski definition) is 1. The van der Waals surface area contributed by atoms with Gasteiger partial charge in [-0.05, 0) is 48.4 Å². The van der Waals surface area contributed by atoms with E-state index in [2.05, 4.69) is 12.2 Å². The Labute approximate surface area is 117 Å². The zero-order valence-electron chi connectivity index (χ0n) is 11.6. The molecular formula is C16H20F3N. The molecule has 2 aliphatic rings. The first-order valence-corrected chi connectivity index (χ1v) is 7.40. The van der Waals surface area contributed by atoms with Crippen molar-refractivity contribution in [1.82, 2.24) is 0 Å². The van der Waals surface area contributed by atoms with Crippen molar-refractivity contribution in [1.29, 1.82) is 0 Å². The summed E-state index contributed by atoms with van der Waals surface area (Å²) in [6.07, 6.45) is 0.499. The van der Waals surface area contributed by atoms with Gasteiger partial charge in [0.05, 0.1) is 5.56 Å². The predicted molar refractivity (Wildman–Crippen MR) is 73.8 cm³/mol. The van der Waals surface area contributed by atoms with Gasteiger partial charge in [0.15, 0.2) is 0 Å². The molecule has 110 valence electrons. The summed E-state index contributed by atoms with van der Waals surface area (Å²) < 4.78 is 38.6. The molecule has 3 rings (SSSR count). The second-order valence-electron chi connectivity index (χ2n) is 6.32. The van der Waals surface area contributed by atoms with Crippen LogP contribution in [0.25, 0.3) is 0 Å². The lowest BCUT2D eigenvalue weighted by molar-refractivity contribution is -0.137. The lowest BCUT2D eigenvalue weighted by atomic mass is 9.74. The third-order valence-electron chi connectivity index (χ3n) is 4.84. The molecule has 1 N–H and O–H groups in total. The number of anilines is 1. The third-order valence-corrected chi connectivity index (χ3v) is 4.84. The van der Waals surface area contributed by atoms with E-state index in [-0.39, 0.29) is 5.92 Å². The van der Waals surface area contributed by atoms with E-state index in [1.807, 2.05) is 0 Å². The highest BCUT2D eigenvalue weighted by Gasteiger charge is 2.36. The molecule has 0 radical (unpaired) electrons. The van der Waals surface area contributed by atoms with E-state index in [0.29, 0.717) is 11.8 Å². The summed E-state index contributed by atoms with van der Waals surface area (Å²) in [6, 6.07) is 4.13. The van der Waals surface area contributed by atoms with Crippen molar-refractivity contribution >= 4 is 5.69 Å². The van der Waals surface area contributed by atoms with Gasteiger partial charge >= 0.3 is 6.18 Å². The van der Waals surface area contributed by atoms with Gasteiger partial charge in [0.2, 0.25) is 0 Å². The fourth-order valence-corrected chi connectivity index (χ4v) is 3.80. The maximum Gasteiger partial charge on any atom is 0.416 e. The van der Waals surface area contributed by atoms with Crippen LogP contribution in [0.1, 0.15) is 49.7 Å². The lowest BCUT2D eigenvalue weighted by Gasteiger charge is -2.31.